The van der Waals surface area contributed by atoms with Crippen LogP contribution < -0.4 is 4.74 Å². The first kappa shape index (κ1) is 13.3. The molecule has 0 unspecified atom stereocenters. The number of aromatic nitrogens is 4. The molecule has 0 radical (unpaired) electrons. The van der Waals surface area contributed by atoms with Crippen molar-refractivity contribution < 1.29 is 4.74 Å². The lowest BCUT2D eigenvalue weighted by Crippen LogP contribution is -2.25. The Labute approximate surface area is 122 Å². The second kappa shape index (κ2) is 5.76. The summed E-state index contributed by atoms with van der Waals surface area (Å²) in [6.07, 6.45) is 1.14. The topological polar surface area (TPSA) is 56.1 Å². The third kappa shape index (κ3) is 3.08. The Kier molecular flexibility index (Phi) is 3.84. The van der Waals surface area contributed by atoms with Gasteiger partial charge in [-0.1, -0.05) is 23.7 Å². The average molecular weight is 294 g/mol. The molecule has 1 aliphatic heterocycles. The molecule has 7 heteroatoms. The Morgan fingerprint density at radius 3 is 3.00 bits per heavy atom. The molecule has 1 aromatic heterocycles. The SMILES string of the molecule is Cn1nnc(CN2CC[C@H](Oc3ccccc3Cl)C2)n1. The maximum atomic E-state index is 6.10. The smallest absolute Gasteiger partial charge is 0.188 e. The lowest BCUT2D eigenvalue weighted by Gasteiger charge is -2.16. The predicted octanol–water partition coefficient (Wildman–Crippen LogP) is 1.52. The molecule has 0 aliphatic carbocycles. The van der Waals surface area contributed by atoms with Gasteiger partial charge in [-0.3, -0.25) is 4.90 Å². The number of hydrogen-bond donors (Lipinski definition) is 0. The van der Waals surface area contributed by atoms with Gasteiger partial charge in [0, 0.05) is 13.1 Å². The average Bonchev–Trinajstić information content (AvgIpc) is 3.02. The number of benzene rings is 1. The predicted molar refractivity (Wildman–Crippen MR) is 74.6 cm³/mol. The molecule has 0 bridgehead atoms. The number of para-hydroxylation sites is 1. The number of aryl methyl sites for hydroxylation is 1. The Morgan fingerprint density at radius 1 is 1.40 bits per heavy atom. The molecule has 0 spiro atoms. The zero-order valence-electron chi connectivity index (χ0n) is 11.2. The molecular formula is C13H16ClN5O. The number of nitrogens with zero attached hydrogens (tertiary/aromatic N) is 5. The van der Waals surface area contributed by atoms with E-state index in [1.807, 2.05) is 24.3 Å². The Bertz CT molecular complexity index is 588. The summed E-state index contributed by atoms with van der Waals surface area (Å²) >= 11 is 6.10. The van der Waals surface area contributed by atoms with Crippen molar-refractivity contribution in [2.24, 2.45) is 7.05 Å². The fraction of sp³-hybridized carbons (Fsp3) is 0.462. The number of tetrazole rings is 1. The highest BCUT2D eigenvalue weighted by Crippen LogP contribution is 2.26. The van der Waals surface area contributed by atoms with Crippen LogP contribution in [0.1, 0.15) is 12.2 Å². The summed E-state index contributed by atoms with van der Waals surface area (Å²) in [4.78, 5) is 3.74. The lowest BCUT2D eigenvalue weighted by molar-refractivity contribution is 0.197. The van der Waals surface area contributed by atoms with Crippen molar-refractivity contribution in [2.45, 2.75) is 19.1 Å². The second-order valence-electron chi connectivity index (χ2n) is 4.89. The summed E-state index contributed by atoms with van der Waals surface area (Å²) in [5, 5.41) is 12.7. The number of rotatable bonds is 4. The van der Waals surface area contributed by atoms with Crippen LogP contribution in [0.5, 0.6) is 5.75 Å². The van der Waals surface area contributed by atoms with Gasteiger partial charge in [-0.25, -0.2) is 0 Å². The molecule has 1 atom stereocenters. The zero-order chi connectivity index (χ0) is 13.9. The van der Waals surface area contributed by atoms with E-state index in [4.69, 9.17) is 16.3 Å². The summed E-state index contributed by atoms with van der Waals surface area (Å²) in [5.74, 6) is 1.49. The Morgan fingerprint density at radius 2 is 2.25 bits per heavy atom. The van der Waals surface area contributed by atoms with Crippen LogP contribution in [0.2, 0.25) is 5.02 Å². The standard InChI is InChI=1S/C13H16ClN5O/c1-18-16-13(15-17-18)9-19-7-6-10(8-19)20-12-5-3-2-4-11(12)14/h2-5,10H,6-9H2,1H3/t10-/m0/s1. The molecule has 1 saturated heterocycles. The molecule has 1 fully saturated rings. The van der Waals surface area contributed by atoms with Crippen molar-refractivity contribution in [1.82, 2.24) is 25.1 Å². The van der Waals surface area contributed by atoms with Gasteiger partial charge >= 0.3 is 0 Å². The Hall–Kier alpha value is -1.66. The van der Waals surface area contributed by atoms with Crippen molar-refractivity contribution in [3.8, 4) is 5.75 Å². The van der Waals surface area contributed by atoms with Gasteiger partial charge in [0.1, 0.15) is 11.9 Å². The molecule has 2 heterocycles. The molecule has 1 aromatic carbocycles. The van der Waals surface area contributed by atoms with Crippen molar-refractivity contribution in [1.29, 1.82) is 0 Å². The summed E-state index contributed by atoms with van der Waals surface area (Å²) in [6, 6.07) is 7.57. The molecule has 0 amide bonds. The monoisotopic (exact) mass is 293 g/mol. The second-order valence-corrected chi connectivity index (χ2v) is 5.30. The zero-order valence-corrected chi connectivity index (χ0v) is 12.0. The molecular weight excluding hydrogens is 278 g/mol. The minimum absolute atomic E-state index is 0.159. The summed E-state index contributed by atoms with van der Waals surface area (Å²) in [5.41, 5.74) is 0. The first-order chi connectivity index (χ1) is 9.70. The highest BCUT2D eigenvalue weighted by atomic mass is 35.5. The third-order valence-electron chi connectivity index (χ3n) is 3.27. The molecule has 0 N–H and O–H groups in total. The van der Waals surface area contributed by atoms with Crippen molar-refractivity contribution in [3.05, 3.63) is 35.1 Å². The van der Waals surface area contributed by atoms with E-state index in [9.17, 15) is 0 Å². The van der Waals surface area contributed by atoms with Crippen LogP contribution in [0.15, 0.2) is 24.3 Å². The van der Waals surface area contributed by atoms with Gasteiger partial charge in [0.25, 0.3) is 0 Å². The van der Waals surface area contributed by atoms with E-state index >= 15 is 0 Å². The van der Waals surface area contributed by atoms with E-state index in [1.54, 1.807) is 7.05 Å². The molecule has 106 valence electrons. The molecule has 6 nitrogen and oxygen atoms in total. The Balaban J connectivity index is 1.56. The van der Waals surface area contributed by atoms with Crippen LogP contribution in [-0.4, -0.2) is 44.3 Å². The van der Waals surface area contributed by atoms with Gasteiger partial charge in [-0.05, 0) is 23.8 Å². The molecule has 1 aliphatic rings. The van der Waals surface area contributed by atoms with Gasteiger partial charge < -0.3 is 4.74 Å². The number of likely N-dealkylation sites (tertiary alicyclic amines) is 1. The van der Waals surface area contributed by atoms with Gasteiger partial charge in [0.2, 0.25) is 0 Å². The highest BCUT2D eigenvalue weighted by molar-refractivity contribution is 6.32. The maximum absolute atomic E-state index is 6.10. The van der Waals surface area contributed by atoms with Gasteiger partial charge in [-0.2, -0.15) is 4.80 Å². The van der Waals surface area contributed by atoms with Crippen molar-refractivity contribution >= 4 is 11.6 Å². The van der Waals surface area contributed by atoms with Crippen molar-refractivity contribution in [3.63, 3.8) is 0 Å². The minimum atomic E-state index is 0.159. The van der Waals surface area contributed by atoms with Crippen molar-refractivity contribution in [2.75, 3.05) is 13.1 Å². The quantitative estimate of drug-likeness (QED) is 0.855. The molecule has 2 aromatic rings. The maximum Gasteiger partial charge on any atom is 0.188 e. The molecule has 0 saturated carbocycles. The number of halogens is 1. The summed E-state index contributed by atoms with van der Waals surface area (Å²) < 4.78 is 5.94. The summed E-state index contributed by atoms with van der Waals surface area (Å²) in [6.45, 7) is 2.52. The fourth-order valence-corrected chi connectivity index (χ4v) is 2.52. The van der Waals surface area contributed by atoms with E-state index in [0.717, 1.165) is 31.1 Å². The lowest BCUT2D eigenvalue weighted by atomic mass is 10.3. The first-order valence-corrected chi connectivity index (χ1v) is 6.95. The molecule has 3 rings (SSSR count). The van der Waals surface area contributed by atoms with Gasteiger partial charge in [0.05, 0.1) is 18.6 Å². The number of hydrogen-bond acceptors (Lipinski definition) is 5. The van der Waals surface area contributed by atoms with E-state index in [1.165, 1.54) is 4.80 Å². The largest absolute Gasteiger partial charge is 0.487 e. The minimum Gasteiger partial charge on any atom is -0.487 e. The molecule has 20 heavy (non-hydrogen) atoms. The van der Waals surface area contributed by atoms with Crippen LogP contribution in [0.4, 0.5) is 0 Å². The van der Waals surface area contributed by atoms with Crippen LogP contribution in [0.3, 0.4) is 0 Å². The first-order valence-electron chi connectivity index (χ1n) is 6.57. The van der Waals surface area contributed by atoms with E-state index in [2.05, 4.69) is 20.3 Å². The normalized spacial score (nSPS) is 19.4. The van der Waals surface area contributed by atoms with Gasteiger partial charge in [0.15, 0.2) is 5.82 Å². The third-order valence-corrected chi connectivity index (χ3v) is 3.59. The number of ether oxygens (including phenoxy) is 1. The fourth-order valence-electron chi connectivity index (χ4n) is 2.34. The van der Waals surface area contributed by atoms with Crippen LogP contribution in [0, 0.1) is 0 Å². The van der Waals surface area contributed by atoms with E-state index in [0.29, 0.717) is 11.6 Å². The van der Waals surface area contributed by atoms with Crippen LogP contribution in [0.25, 0.3) is 0 Å². The van der Waals surface area contributed by atoms with E-state index < -0.39 is 0 Å². The highest BCUT2D eigenvalue weighted by Gasteiger charge is 2.25. The summed E-state index contributed by atoms with van der Waals surface area (Å²) in [7, 11) is 1.77. The van der Waals surface area contributed by atoms with Crippen LogP contribution in [-0.2, 0) is 13.6 Å². The van der Waals surface area contributed by atoms with E-state index in [-0.39, 0.29) is 6.10 Å². The van der Waals surface area contributed by atoms with Gasteiger partial charge in [-0.15, -0.1) is 10.2 Å². The van der Waals surface area contributed by atoms with Crippen LogP contribution >= 0.6 is 11.6 Å².